The quantitative estimate of drug-likeness (QED) is 0.574. The number of benzene rings is 2. The first kappa shape index (κ1) is 19.2. The number of aromatic nitrogens is 2. The Labute approximate surface area is 164 Å². The molecule has 0 fully saturated rings. The minimum atomic E-state index is -0.103. The number of amides is 1. The second-order valence-electron chi connectivity index (χ2n) is 6.27. The van der Waals surface area contributed by atoms with Gasteiger partial charge in [-0.3, -0.25) is 4.79 Å². The van der Waals surface area contributed by atoms with Crippen molar-refractivity contribution in [1.82, 2.24) is 9.97 Å². The number of nitrogens with one attached hydrogen (secondary N) is 3. The standard InChI is InChI=1S/C21H23N5O2/c1-14-12-20(22-13-16-6-4-5-7-19(16)28-3)26-21(23-14)25-18-10-8-17(9-11-18)24-15(2)27/h4-12H,13H2,1-3H3,(H,24,27)(H2,22,23,25,26). The third-order valence-electron chi connectivity index (χ3n) is 3.97. The fraction of sp³-hybridized carbons (Fsp3) is 0.190. The van der Waals surface area contributed by atoms with E-state index in [0.717, 1.165) is 34.2 Å². The van der Waals surface area contributed by atoms with E-state index in [1.807, 2.05) is 61.5 Å². The van der Waals surface area contributed by atoms with Gasteiger partial charge in [0.05, 0.1) is 7.11 Å². The Morgan fingerprint density at radius 3 is 2.46 bits per heavy atom. The van der Waals surface area contributed by atoms with Crippen molar-refractivity contribution in [3.8, 4) is 5.75 Å². The summed E-state index contributed by atoms with van der Waals surface area (Å²) in [5.74, 6) is 1.94. The Bertz CT molecular complexity index is 957. The highest BCUT2D eigenvalue weighted by atomic mass is 16.5. The Morgan fingerprint density at radius 1 is 1.04 bits per heavy atom. The van der Waals surface area contributed by atoms with Crippen LogP contribution in [0.1, 0.15) is 18.2 Å². The van der Waals surface area contributed by atoms with Crippen molar-refractivity contribution in [2.24, 2.45) is 0 Å². The lowest BCUT2D eigenvalue weighted by Gasteiger charge is -2.12. The number of carbonyl (C=O) groups excluding carboxylic acids is 1. The van der Waals surface area contributed by atoms with Gasteiger partial charge >= 0.3 is 0 Å². The third kappa shape index (κ3) is 5.20. The molecule has 1 aromatic heterocycles. The summed E-state index contributed by atoms with van der Waals surface area (Å²) in [5.41, 5.74) is 3.46. The number of aryl methyl sites for hydroxylation is 1. The molecule has 144 valence electrons. The maximum atomic E-state index is 11.1. The Kier molecular flexibility index (Phi) is 6.06. The molecule has 0 aliphatic rings. The highest BCUT2D eigenvalue weighted by Crippen LogP contribution is 2.21. The molecule has 28 heavy (non-hydrogen) atoms. The number of anilines is 4. The van der Waals surface area contributed by atoms with Crippen LogP contribution in [-0.2, 0) is 11.3 Å². The van der Waals surface area contributed by atoms with Gasteiger partial charge in [0.1, 0.15) is 11.6 Å². The molecule has 0 atom stereocenters. The Morgan fingerprint density at radius 2 is 1.75 bits per heavy atom. The van der Waals surface area contributed by atoms with Gasteiger partial charge in [-0.15, -0.1) is 0 Å². The van der Waals surface area contributed by atoms with Crippen LogP contribution in [0.25, 0.3) is 0 Å². The van der Waals surface area contributed by atoms with Crippen LogP contribution in [0.4, 0.5) is 23.1 Å². The summed E-state index contributed by atoms with van der Waals surface area (Å²) in [5, 5.41) is 9.24. The number of ether oxygens (including phenoxy) is 1. The fourth-order valence-electron chi connectivity index (χ4n) is 2.72. The molecule has 0 bridgehead atoms. The summed E-state index contributed by atoms with van der Waals surface area (Å²) < 4.78 is 5.38. The lowest BCUT2D eigenvalue weighted by molar-refractivity contribution is -0.114. The van der Waals surface area contributed by atoms with Gasteiger partial charge in [0.2, 0.25) is 11.9 Å². The lowest BCUT2D eigenvalue weighted by Crippen LogP contribution is -2.07. The van der Waals surface area contributed by atoms with Crippen LogP contribution in [-0.4, -0.2) is 23.0 Å². The molecular weight excluding hydrogens is 354 g/mol. The first-order valence-electron chi connectivity index (χ1n) is 8.89. The molecule has 0 saturated carbocycles. The topological polar surface area (TPSA) is 88.2 Å². The van der Waals surface area contributed by atoms with E-state index < -0.39 is 0 Å². The van der Waals surface area contributed by atoms with E-state index in [1.165, 1.54) is 6.92 Å². The second kappa shape index (κ2) is 8.85. The highest BCUT2D eigenvalue weighted by Gasteiger charge is 2.06. The number of hydrogen-bond acceptors (Lipinski definition) is 6. The van der Waals surface area contributed by atoms with E-state index in [9.17, 15) is 4.79 Å². The van der Waals surface area contributed by atoms with E-state index in [-0.39, 0.29) is 5.91 Å². The zero-order valence-electron chi connectivity index (χ0n) is 16.1. The van der Waals surface area contributed by atoms with E-state index >= 15 is 0 Å². The Balaban J connectivity index is 1.70. The molecule has 3 aromatic rings. The molecule has 1 heterocycles. The fourth-order valence-corrected chi connectivity index (χ4v) is 2.72. The molecule has 0 unspecified atom stereocenters. The molecule has 2 aromatic carbocycles. The monoisotopic (exact) mass is 377 g/mol. The normalized spacial score (nSPS) is 10.2. The largest absolute Gasteiger partial charge is 0.496 e. The van der Waals surface area contributed by atoms with E-state index in [0.29, 0.717) is 12.5 Å². The third-order valence-corrected chi connectivity index (χ3v) is 3.97. The number of methoxy groups -OCH3 is 1. The molecule has 3 N–H and O–H groups in total. The van der Waals surface area contributed by atoms with Gasteiger partial charge in [-0.2, -0.15) is 4.98 Å². The van der Waals surface area contributed by atoms with Gasteiger partial charge < -0.3 is 20.7 Å². The minimum Gasteiger partial charge on any atom is -0.496 e. The molecule has 0 aliphatic heterocycles. The van der Waals surface area contributed by atoms with Crippen LogP contribution in [0.15, 0.2) is 54.6 Å². The zero-order valence-corrected chi connectivity index (χ0v) is 16.1. The summed E-state index contributed by atoms with van der Waals surface area (Å²) in [6.45, 7) is 3.98. The molecule has 0 radical (unpaired) electrons. The maximum Gasteiger partial charge on any atom is 0.229 e. The van der Waals surface area contributed by atoms with Gasteiger partial charge in [0, 0.05) is 42.2 Å². The van der Waals surface area contributed by atoms with Gasteiger partial charge in [-0.05, 0) is 37.3 Å². The molecule has 1 amide bonds. The molecular formula is C21H23N5O2. The van der Waals surface area contributed by atoms with Crippen molar-refractivity contribution >= 4 is 29.0 Å². The molecule has 3 rings (SSSR count). The van der Waals surface area contributed by atoms with Gasteiger partial charge in [-0.25, -0.2) is 4.98 Å². The number of para-hydroxylation sites is 1. The number of nitrogens with zero attached hydrogens (tertiary/aromatic N) is 2. The van der Waals surface area contributed by atoms with Crippen molar-refractivity contribution in [2.45, 2.75) is 20.4 Å². The number of rotatable bonds is 7. The summed E-state index contributed by atoms with van der Waals surface area (Å²) in [6, 6.07) is 17.1. The zero-order chi connectivity index (χ0) is 19.9. The van der Waals surface area contributed by atoms with Crippen LogP contribution < -0.4 is 20.7 Å². The average Bonchev–Trinajstić information content (AvgIpc) is 2.67. The maximum absolute atomic E-state index is 11.1. The van der Waals surface area contributed by atoms with Crippen LogP contribution >= 0.6 is 0 Å². The van der Waals surface area contributed by atoms with Crippen molar-refractivity contribution < 1.29 is 9.53 Å². The van der Waals surface area contributed by atoms with Gasteiger partial charge in [0.15, 0.2) is 0 Å². The van der Waals surface area contributed by atoms with E-state index in [2.05, 4.69) is 25.9 Å². The van der Waals surface area contributed by atoms with Crippen molar-refractivity contribution in [3.63, 3.8) is 0 Å². The van der Waals surface area contributed by atoms with Crippen LogP contribution in [0.3, 0.4) is 0 Å². The number of carbonyl (C=O) groups is 1. The van der Waals surface area contributed by atoms with Gasteiger partial charge in [0.25, 0.3) is 0 Å². The van der Waals surface area contributed by atoms with Crippen molar-refractivity contribution in [1.29, 1.82) is 0 Å². The first-order valence-corrected chi connectivity index (χ1v) is 8.89. The summed E-state index contributed by atoms with van der Waals surface area (Å²) >= 11 is 0. The van der Waals surface area contributed by atoms with Gasteiger partial charge in [-0.1, -0.05) is 18.2 Å². The Hall–Kier alpha value is -3.61. The number of hydrogen-bond donors (Lipinski definition) is 3. The molecule has 7 nitrogen and oxygen atoms in total. The molecule has 0 spiro atoms. The lowest BCUT2D eigenvalue weighted by atomic mass is 10.2. The minimum absolute atomic E-state index is 0.103. The van der Waals surface area contributed by atoms with E-state index in [4.69, 9.17) is 4.74 Å². The first-order chi connectivity index (χ1) is 13.5. The molecule has 0 aliphatic carbocycles. The van der Waals surface area contributed by atoms with Crippen molar-refractivity contribution in [2.75, 3.05) is 23.1 Å². The average molecular weight is 377 g/mol. The molecule has 7 heteroatoms. The summed E-state index contributed by atoms with van der Waals surface area (Å²) in [7, 11) is 1.66. The smallest absolute Gasteiger partial charge is 0.229 e. The SMILES string of the molecule is COc1ccccc1CNc1cc(C)nc(Nc2ccc(NC(C)=O)cc2)n1. The van der Waals surface area contributed by atoms with Crippen LogP contribution in [0.5, 0.6) is 5.75 Å². The molecule has 0 saturated heterocycles. The second-order valence-corrected chi connectivity index (χ2v) is 6.27. The highest BCUT2D eigenvalue weighted by molar-refractivity contribution is 5.88. The summed E-state index contributed by atoms with van der Waals surface area (Å²) in [6.07, 6.45) is 0. The van der Waals surface area contributed by atoms with Crippen LogP contribution in [0.2, 0.25) is 0 Å². The predicted octanol–water partition coefficient (Wildman–Crippen LogP) is 4.11. The van der Waals surface area contributed by atoms with E-state index in [1.54, 1.807) is 7.11 Å². The predicted molar refractivity (Wildman–Crippen MR) is 111 cm³/mol. The van der Waals surface area contributed by atoms with Crippen LogP contribution in [0, 0.1) is 6.92 Å². The summed E-state index contributed by atoms with van der Waals surface area (Å²) in [4.78, 5) is 20.1. The van der Waals surface area contributed by atoms with Crippen molar-refractivity contribution in [3.05, 3.63) is 65.9 Å².